The molecule has 3 aromatic rings. The number of fused-ring (bicyclic) bond motifs is 1. The zero-order chi connectivity index (χ0) is 22.6. The van der Waals surface area contributed by atoms with Gasteiger partial charge in [-0.25, -0.2) is 4.79 Å². The van der Waals surface area contributed by atoms with Crippen molar-refractivity contribution in [2.24, 2.45) is 5.41 Å². The van der Waals surface area contributed by atoms with E-state index in [1.807, 2.05) is 36.4 Å². The maximum atomic E-state index is 13.1. The van der Waals surface area contributed by atoms with Crippen molar-refractivity contribution in [1.29, 1.82) is 0 Å². The molecule has 0 fully saturated rings. The predicted molar refractivity (Wildman–Crippen MR) is 112 cm³/mol. The van der Waals surface area contributed by atoms with Gasteiger partial charge in [0.2, 0.25) is 0 Å². The first-order valence-corrected chi connectivity index (χ1v) is 9.66. The van der Waals surface area contributed by atoms with Crippen LogP contribution in [0.15, 0.2) is 71.2 Å². The van der Waals surface area contributed by atoms with E-state index in [-0.39, 0.29) is 12.2 Å². The number of hydrogen-bond donors (Lipinski definition) is 0. The van der Waals surface area contributed by atoms with Crippen molar-refractivity contribution >= 4 is 16.9 Å². The van der Waals surface area contributed by atoms with Gasteiger partial charge in [-0.3, -0.25) is 0 Å². The monoisotopic (exact) mass is 432 g/mol. The van der Waals surface area contributed by atoms with Crippen LogP contribution in [0.4, 0.5) is 13.2 Å². The number of carbonyl (C=O) groups excluding carboxylic acids is 1. The van der Waals surface area contributed by atoms with E-state index in [9.17, 15) is 18.0 Å². The predicted octanol–water partition coefficient (Wildman–Crippen LogP) is 6.56. The molecule has 1 aromatic heterocycles. The molecule has 2 aromatic carbocycles. The van der Waals surface area contributed by atoms with E-state index >= 15 is 0 Å². The van der Waals surface area contributed by atoms with Gasteiger partial charge < -0.3 is 13.9 Å². The van der Waals surface area contributed by atoms with Gasteiger partial charge in [-0.2, -0.15) is 13.2 Å². The summed E-state index contributed by atoms with van der Waals surface area (Å²) in [5.74, 6) is 0.307. The van der Waals surface area contributed by atoms with Crippen LogP contribution in [0.2, 0.25) is 0 Å². The van der Waals surface area contributed by atoms with Gasteiger partial charge in [0.05, 0.1) is 13.0 Å². The molecule has 4 nitrogen and oxygen atoms in total. The van der Waals surface area contributed by atoms with Gasteiger partial charge in [-0.05, 0) is 25.1 Å². The molecule has 0 spiro atoms. The molecule has 3 rings (SSSR count). The Hall–Kier alpha value is -3.22. The Labute approximate surface area is 178 Å². The van der Waals surface area contributed by atoms with E-state index in [0.29, 0.717) is 17.1 Å². The van der Waals surface area contributed by atoms with E-state index in [2.05, 4.69) is 6.58 Å². The summed E-state index contributed by atoms with van der Waals surface area (Å²) in [6.07, 6.45) is -5.60. The highest BCUT2D eigenvalue weighted by Crippen LogP contribution is 2.35. The Balaban J connectivity index is 1.75. The lowest BCUT2D eigenvalue weighted by molar-refractivity contribution is -0.173. The lowest BCUT2D eigenvalue weighted by Crippen LogP contribution is -2.36. The molecule has 7 heteroatoms. The molecular weight excluding hydrogens is 409 g/mol. The molecular formula is C24H23F3O4. The zero-order valence-corrected chi connectivity index (χ0v) is 17.3. The van der Waals surface area contributed by atoms with Crippen LogP contribution < -0.4 is 4.74 Å². The van der Waals surface area contributed by atoms with Gasteiger partial charge in [0.1, 0.15) is 23.7 Å². The third-order valence-electron chi connectivity index (χ3n) is 4.66. The molecule has 0 saturated heterocycles. The quantitative estimate of drug-likeness (QED) is 0.299. The SMILES string of the molecule is C=C(C)C(=O)OCC(C)(COc1ccc2cc(-c3ccccc3)oc2c1)CC(F)(F)F. The van der Waals surface area contributed by atoms with Crippen LogP contribution >= 0.6 is 0 Å². The zero-order valence-electron chi connectivity index (χ0n) is 17.3. The molecule has 0 aliphatic rings. The molecule has 0 saturated carbocycles. The van der Waals surface area contributed by atoms with Crippen LogP contribution in [-0.2, 0) is 9.53 Å². The van der Waals surface area contributed by atoms with Crippen molar-refractivity contribution in [3.63, 3.8) is 0 Å². The third-order valence-corrected chi connectivity index (χ3v) is 4.66. The molecule has 1 unspecified atom stereocenters. The molecule has 1 atom stereocenters. The maximum absolute atomic E-state index is 13.1. The van der Waals surface area contributed by atoms with Gasteiger partial charge >= 0.3 is 12.1 Å². The van der Waals surface area contributed by atoms with Gasteiger partial charge in [-0.15, -0.1) is 0 Å². The minimum atomic E-state index is -4.44. The van der Waals surface area contributed by atoms with Crippen LogP contribution in [0.5, 0.6) is 5.75 Å². The van der Waals surface area contributed by atoms with E-state index in [0.717, 1.165) is 10.9 Å². The first kappa shape index (κ1) is 22.5. The standard InChI is InChI=1S/C24H23F3O4/c1-16(2)22(28)30-15-23(3,13-24(25,26)27)14-29-19-10-9-18-11-20(31-21(18)12-19)17-7-5-4-6-8-17/h4-12H,1,13-15H2,2-3H3. The number of ether oxygens (including phenoxy) is 2. The van der Waals surface area contributed by atoms with Gasteiger partial charge in [0.15, 0.2) is 0 Å². The second-order valence-corrected chi connectivity index (χ2v) is 7.92. The maximum Gasteiger partial charge on any atom is 0.389 e. The van der Waals surface area contributed by atoms with Crippen LogP contribution in [0, 0.1) is 5.41 Å². The minimum Gasteiger partial charge on any atom is -0.493 e. The van der Waals surface area contributed by atoms with Crippen molar-refractivity contribution in [3.05, 3.63) is 66.7 Å². The number of rotatable bonds is 8. The van der Waals surface area contributed by atoms with Gasteiger partial charge in [0.25, 0.3) is 0 Å². The van der Waals surface area contributed by atoms with Crippen LogP contribution in [-0.4, -0.2) is 25.4 Å². The number of alkyl halides is 3. The summed E-state index contributed by atoms with van der Waals surface area (Å²) in [6.45, 7) is 5.49. The van der Waals surface area contributed by atoms with Crippen molar-refractivity contribution in [1.82, 2.24) is 0 Å². The lowest BCUT2D eigenvalue weighted by atomic mass is 9.88. The highest BCUT2D eigenvalue weighted by Gasteiger charge is 2.41. The average Bonchev–Trinajstić information content (AvgIpc) is 3.13. The Morgan fingerprint density at radius 3 is 2.42 bits per heavy atom. The van der Waals surface area contributed by atoms with Gasteiger partial charge in [0, 0.05) is 28.0 Å². The fourth-order valence-electron chi connectivity index (χ4n) is 3.09. The van der Waals surface area contributed by atoms with E-state index in [4.69, 9.17) is 13.9 Å². The summed E-state index contributed by atoms with van der Waals surface area (Å²) in [5.41, 5.74) is 0.130. The number of carbonyl (C=O) groups is 1. The molecule has 0 bridgehead atoms. The molecule has 164 valence electrons. The molecule has 0 aliphatic heterocycles. The minimum absolute atomic E-state index is 0.118. The molecule has 0 amide bonds. The Kier molecular flexibility index (Phi) is 6.43. The Morgan fingerprint density at radius 2 is 1.77 bits per heavy atom. The van der Waals surface area contributed by atoms with E-state index in [1.165, 1.54) is 13.8 Å². The molecule has 0 radical (unpaired) electrons. The molecule has 1 heterocycles. The number of esters is 1. The number of furan rings is 1. The smallest absolute Gasteiger partial charge is 0.389 e. The summed E-state index contributed by atoms with van der Waals surface area (Å²) in [6, 6.07) is 16.5. The van der Waals surface area contributed by atoms with Crippen LogP contribution in [0.25, 0.3) is 22.3 Å². The fourth-order valence-corrected chi connectivity index (χ4v) is 3.09. The summed E-state index contributed by atoms with van der Waals surface area (Å²) in [7, 11) is 0. The lowest BCUT2D eigenvalue weighted by Gasteiger charge is -2.29. The topological polar surface area (TPSA) is 48.7 Å². The molecule has 31 heavy (non-hydrogen) atoms. The van der Waals surface area contributed by atoms with Crippen LogP contribution in [0.3, 0.4) is 0 Å². The first-order valence-electron chi connectivity index (χ1n) is 9.66. The first-order chi connectivity index (χ1) is 14.5. The largest absolute Gasteiger partial charge is 0.493 e. The number of halogens is 3. The van der Waals surface area contributed by atoms with E-state index < -0.39 is 30.6 Å². The summed E-state index contributed by atoms with van der Waals surface area (Å²) >= 11 is 0. The number of hydrogen-bond acceptors (Lipinski definition) is 4. The van der Waals surface area contributed by atoms with Crippen molar-refractivity contribution in [2.45, 2.75) is 26.4 Å². The second-order valence-electron chi connectivity index (χ2n) is 7.92. The fraction of sp³-hybridized carbons (Fsp3) is 0.292. The average molecular weight is 432 g/mol. The van der Waals surface area contributed by atoms with Gasteiger partial charge in [-0.1, -0.05) is 43.8 Å². The molecule has 0 aliphatic carbocycles. The van der Waals surface area contributed by atoms with Crippen LogP contribution in [0.1, 0.15) is 20.3 Å². The third kappa shape index (κ3) is 6.13. The van der Waals surface area contributed by atoms with E-state index in [1.54, 1.807) is 18.2 Å². The van der Waals surface area contributed by atoms with Crippen molar-refractivity contribution in [3.8, 4) is 17.1 Å². The normalized spacial score (nSPS) is 13.6. The Morgan fingerprint density at radius 1 is 1.06 bits per heavy atom. The summed E-state index contributed by atoms with van der Waals surface area (Å²) in [5, 5.41) is 0.847. The van der Waals surface area contributed by atoms with Crippen molar-refractivity contribution in [2.75, 3.05) is 13.2 Å². The summed E-state index contributed by atoms with van der Waals surface area (Å²) < 4.78 is 55.8. The number of benzene rings is 2. The van der Waals surface area contributed by atoms with Crippen molar-refractivity contribution < 1.29 is 31.9 Å². The highest BCUT2D eigenvalue weighted by atomic mass is 19.4. The summed E-state index contributed by atoms with van der Waals surface area (Å²) in [4.78, 5) is 11.6. The molecule has 0 N–H and O–H groups in total. The Bertz CT molecular complexity index is 1070. The highest BCUT2D eigenvalue weighted by molar-refractivity contribution is 5.87. The second kappa shape index (κ2) is 8.88.